The monoisotopic (exact) mass is 150 g/mol. The van der Waals surface area contributed by atoms with E-state index in [4.69, 9.17) is 16.0 Å². The number of hydrogen-bond acceptors (Lipinski definition) is 6. The molecule has 10 heavy (non-hydrogen) atoms. The van der Waals surface area contributed by atoms with Crippen LogP contribution in [-0.4, -0.2) is 34.2 Å². The van der Waals surface area contributed by atoms with Gasteiger partial charge in [0.1, 0.15) is 6.04 Å². The molecule has 7 nitrogen and oxygen atoms in total. The fourth-order valence-corrected chi connectivity index (χ4v) is 0.264. The number of aliphatic carboxylic acids is 1. The second-order valence-electron chi connectivity index (χ2n) is 1.58. The van der Waals surface area contributed by atoms with E-state index in [1.54, 1.807) is 5.43 Å². The maximum atomic E-state index is 9.94. The molecule has 0 aliphatic carbocycles. The highest BCUT2D eigenvalue weighted by Gasteiger charge is 2.09. The number of hydrazine groups is 1. The SMILES string of the molecule is N[C@@H](CNN([O-])O)C(=O)O. The predicted molar refractivity (Wildman–Crippen MR) is 30.6 cm³/mol. The van der Waals surface area contributed by atoms with Crippen molar-refractivity contribution in [2.45, 2.75) is 6.04 Å². The normalized spacial score (nSPS) is 13.6. The minimum absolute atomic E-state index is 0.310. The summed E-state index contributed by atoms with van der Waals surface area (Å²) in [5, 5.41) is 25.1. The summed E-state index contributed by atoms with van der Waals surface area (Å²) >= 11 is 0. The van der Waals surface area contributed by atoms with Crippen LogP contribution in [0.3, 0.4) is 0 Å². The molecule has 0 saturated carbocycles. The largest absolute Gasteiger partial charge is 0.748 e. The number of rotatable bonds is 4. The summed E-state index contributed by atoms with van der Waals surface area (Å²) in [4.78, 5) is 9.94. The number of nitrogens with two attached hydrogens (primary N) is 1. The topological polar surface area (TPSA) is 122 Å². The van der Waals surface area contributed by atoms with Gasteiger partial charge in [-0.05, 0) is 0 Å². The summed E-state index contributed by atoms with van der Waals surface area (Å²) < 4.78 is 0. The van der Waals surface area contributed by atoms with Gasteiger partial charge in [-0.15, -0.1) is 0 Å². The summed E-state index contributed by atoms with van der Waals surface area (Å²) in [5.74, 6) is -1.24. The second-order valence-corrected chi connectivity index (χ2v) is 1.58. The number of carboxylic acid groups (broad SMARTS) is 1. The molecule has 1 atom stereocenters. The summed E-state index contributed by atoms with van der Waals surface area (Å²) in [7, 11) is 0. The van der Waals surface area contributed by atoms with Crippen molar-refractivity contribution in [3.8, 4) is 0 Å². The smallest absolute Gasteiger partial charge is 0.321 e. The molecule has 0 unspecified atom stereocenters. The van der Waals surface area contributed by atoms with Crippen LogP contribution in [0, 0.1) is 5.21 Å². The highest BCUT2D eigenvalue weighted by atomic mass is 16.8. The van der Waals surface area contributed by atoms with Gasteiger partial charge in [0.15, 0.2) is 0 Å². The van der Waals surface area contributed by atoms with Crippen molar-refractivity contribution < 1.29 is 15.1 Å². The van der Waals surface area contributed by atoms with Gasteiger partial charge >= 0.3 is 5.97 Å². The van der Waals surface area contributed by atoms with Gasteiger partial charge < -0.3 is 21.3 Å². The standard InChI is InChI=1S/C3H8N3O4/c4-2(3(7)8)1-5-6(9)10/h2,5,9H,1,4H2,(H,7,8)/q-1/t2-/m0/s1. The lowest BCUT2D eigenvalue weighted by Crippen LogP contribution is -2.44. The summed E-state index contributed by atoms with van der Waals surface area (Å²) in [5.41, 5.74) is 6.68. The van der Waals surface area contributed by atoms with Crippen LogP contribution < -0.4 is 11.2 Å². The van der Waals surface area contributed by atoms with E-state index >= 15 is 0 Å². The van der Waals surface area contributed by atoms with Gasteiger partial charge in [0.25, 0.3) is 0 Å². The Morgan fingerprint density at radius 3 is 2.70 bits per heavy atom. The first-order valence-electron chi connectivity index (χ1n) is 2.42. The zero-order valence-electron chi connectivity index (χ0n) is 5.02. The van der Waals surface area contributed by atoms with E-state index in [0.717, 1.165) is 0 Å². The predicted octanol–water partition coefficient (Wildman–Crippen LogP) is -1.91. The Labute approximate surface area is 56.5 Å². The fourth-order valence-electron chi connectivity index (χ4n) is 0.264. The van der Waals surface area contributed by atoms with E-state index in [1.165, 1.54) is 0 Å². The van der Waals surface area contributed by atoms with Crippen molar-refractivity contribution in [3.63, 3.8) is 0 Å². The molecular formula is C3H8N3O4-. The van der Waals surface area contributed by atoms with Crippen LogP contribution in [0.4, 0.5) is 0 Å². The molecule has 0 aliphatic heterocycles. The Balaban J connectivity index is 3.40. The van der Waals surface area contributed by atoms with Crippen molar-refractivity contribution >= 4 is 5.97 Å². The maximum absolute atomic E-state index is 9.94. The first-order chi connectivity index (χ1) is 4.54. The lowest BCUT2D eigenvalue weighted by Gasteiger charge is -2.20. The van der Waals surface area contributed by atoms with Crippen molar-refractivity contribution in [2.24, 2.45) is 5.73 Å². The number of nitrogens with zero attached hydrogens (tertiary/aromatic N) is 1. The van der Waals surface area contributed by atoms with E-state index in [-0.39, 0.29) is 6.54 Å². The zero-order valence-corrected chi connectivity index (χ0v) is 5.02. The van der Waals surface area contributed by atoms with Crippen molar-refractivity contribution in [2.75, 3.05) is 6.54 Å². The van der Waals surface area contributed by atoms with E-state index in [0.29, 0.717) is 0 Å². The molecule has 0 aliphatic rings. The van der Waals surface area contributed by atoms with Gasteiger partial charge in [-0.2, -0.15) is 5.34 Å². The van der Waals surface area contributed by atoms with Crippen LogP contribution in [0.25, 0.3) is 0 Å². The van der Waals surface area contributed by atoms with E-state index in [9.17, 15) is 10.0 Å². The van der Waals surface area contributed by atoms with Gasteiger partial charge in [-0.25, -0.2) is 5.43 Å². The van der Waals surface area contributed by atoms with Crippen molar-refractivity contribution in [3.05, 3.63) is 5.21 Å². The number of hydrogen-bond donors (Lipinski definition) is 4. The Kier molecular flexibility index (Phi) is 3.84. The molecule has 0 radical (unpaired) electrons. The van der Waals surface area contributed by atoms with Gasteiger partial charge in [-0.3, -0.25) is 4.79 Å². The molecular weight excluding hydrogens is 142 g/mol. The molecule has 0 aromatic heterocycles. The van der Waals surface area contributed by atoms with Crippen molar-refractivity contribution in [1.82, 2.24) is 10.8 Å². The lowest BCUT2D eigenvalue weighted by molar-refractivity contribution is -0.140. The Morgan fingerprint density at radius 2 is 2.40 bits per heavy atom. The average Bonchev–Trinajstić information content (AvgIpc) is 1.82. The summed E-state index contributed by atoms with van der Waals surface area (Å²) in [6, 6.07) is -1.19. The third-order valence-electron chi connectivity index (χ3n) is 0.764. The molecule has 60 valence electrons. The molecule has 0 spiro atoms. The van der Waals surface area contributed by atoms with Crippen LogP contribution in [0.15, 0.2) is 0 Å². The van der Waals surface area contributed by atoms with E-state index in [1.807, 2.05) is 0 Å². The Morgan fingerprint density at radius 1 is 1.90 bits per heavy atom. The lowest BCUT2D eigenvalue weighted by atomic mass is 10.3. The van der Waals surface area contributed by atoms with Gasteiger partial charge in [0.2, 0.25) is 0 Å². The first kappa shape index (κ1) is 9.27. The zero-order chi connectivity index (χ0) is 8.15. The molecule has 0 saturated heterocycles. The Bertz CT molecular complexity index is 116. The van der Waals surface area contributed by atoms with E-state index in [2.05, 4.69) is 0 Å². The average molecular weight is 150 g/mol. The minimum Gasteiger partial charge on any atom is -0.748 e. The number of nitrogens with one attached hydrogen (secondary N) is 1. The molecule has 0 rings (SSSR count). The van der Waals surface area contributed by atoms with E-state index < -0.39 is 17.3 Å². The van der Waals surface area contributed by atoms with Crippen LogP contribution >= 0.6 is 0 Å². The van der Waals surface area contributed by atoms with Gasteiger partial charge in [-0.1, -0.05) is 0 Å². The van der Waals surface area contributed by atoms with Gasteiger partial charge in [0.05, 0.1) is 0 Å². The first-order valence-corrected chi connectivity index (χ1v) is 2.42. The van der Waals surface area contributed by atoms with Crippen LogP contribution in [0.5, 0.6) is 0 Å². The molecule has 0 aromatic carbocycles. The fraction of sp³-hybridized carbons (Fsp3) is 0.667. The third-order valence-corrected chi connectivity index (χ3v) is 0.764. The Hall–Kier alpha value is -0.730. The van der Waals surface area contributed by atoms with Gasteiger partial charge in [0, 0.05) is 6.54 Å². The van der Waals surface area contributed by atoms with Crippen molar-refractivity contribution in [1.29, 1.82) is 0 Å². The molecule has 0 aromatic rings. The molecule has 0 fully saturated rings. The molecule has 0 amide bonds. The van der Waals surface area contributed by atoms with Crippen LogP contribution in [0.2, 0.25) is 0 Å². The molecule has 0 heterocycles. The van der Waals surface area contributed by atoms with Crippen LogP contribution in [-0.2, 0) is 4.79 Å². The third kappa shape index (κ3) is 4.18. The number of carbonyl (C=O) groups is 1. The molecule has 7 heteroatoms. The van der Waals surface area contributed by atoms with Crippen LogP contribution in [0.1, 0.15) is 0 Å². The molecule has 0 bridgehead atoms. The summed E-state index contributed by atoms with van der Waals surface area (Å²) in [6.45, 7) is -0.310. The molecule has 5 N–H and O–H groups in total. The minimum atomic E-state index is -1.24. The quantitative estimate of drug-likeness (QED) is 0.345. The number of carboxylic acids is 1. The maximum Gasteiger partial charge on any atom is 0.321 e. The second kappa shape index (κ2) is 4.14. The highest BCUT2D eigenvalue weighted by Crippen LogP contribution is 1.75. The summed E-state index contributed by atoms with van der Waals surface area (Å²) in [6.07, 6.45) is 0. The highest BCUT2D eigenvalue weighted by molar-refractivity contribution is 5.73.